The number of carbonyl (C=O) groups is 1. The summed E-state index contributed by atoms with van der Waals surface area (Å²) in [6.07, 6.45) is 1.43. The van der Waals surface area contributed by atoms with Crippen molar-refractivity contribution in [2.45, 2.75) is 33.2 Å². The molecule has 0 radical (unpaired) electrons. The van der Waals surface area contributed by atoms with E-state index in [-0.39, 0.29) is 29.8 Å². The zero-order chi connectivity index (χ0) is 13.9. The second-order valence-corrected chi connectivity index (χ2v) is 5.12. The number of hydrogen-bond donors (Lipinski definition) is 3. The molecule has 0 saturated heterocycles. The Hall–Kier alpha value is -1.33. The number of aryl methyl sites for hydroxylation is 1. The van der Waals surface area contributed by atoms with Crippen LogP contribution in [0.1, 0.15) is 36.7 Å². The average molecular weight is 288 g/mol. The molecule has 4 N–H and O–H groups in total. The smallest absolute Gasteiger partial charge is 0.253 e. The van der Waals surface area contributed by atoms with Gasteiger partial charge in [0.05, 0.1) is 11.1 Å². The summed E-state index contributed by atoms with van der Waals surface area (Å²) in [5.41, 5.74) is 6.17. The van der Waals surface area contributed by atoms with Crippen LogP contribution in [0.25, 0.3) is 0 Å². The van der Waals surface area contributed by atoms with Crippen LogP contribution in [0.2, 0.25) is 0 Å². The molecule has 19 heavy (non-hydrogen) atoms. The number of halogens is 1. The topological polar surface area (TPSA) is 88.0 Å². The van der Waals surface area contributed by atoms with Gasteiger partial charge in [-0.25, -0.2) is 0 Å². The molecular formula is C13H22ClN3O2. The molecule has 0 aliphatic heterocycles. The van der Waals surface area contributed by atoms with Gasteiger partial charge in [-0.2, -0.15) is 0 Å². The quantitative estimate of drug-likeness (QED) is 0.778. The lowest BCUT2D eigenvalue weighted by molar-refractivity contribution is 0.0882. The fourth-order valence-electron chi connectivity index (χ4n) is 1.58. The molecule has 1 aromatic heterocycles. The Labute approximate surface area is 119 Å². The van der Waals surface area contributed by atoms with Crippen LogP contribution in [0.15, 0.2) is 17.1 Å². The number of pyridine rings is 1. The zero-order valence-corrected chi connectivity index (χ0v) is 12.6. The van der Waals surface area contributed by atoms with E-state index >= 15 is 0 Å². The minimum atomic E-state index is -0.459. The van der Waals surface area contributed by atoms with Gasteiger partial charge in [-0.3, -0.25) is 9.59 Å². The van der Waals surface area contributed by atoms with E-state index in [1.807, 2.05) is 20.8 Å². The van der Waals surface area contributed by atoms with Gasteiger partial charge in [-0.15, -0.1) is 12.4 Å². The number of hydrogen-bond acceptors (Lipinski definition) is 3. The molecule has 0 aliphatic carbocycles. The maximum absolute atomic E-state index is 12.2. The Kier molecular flexibility index (Phi) is 6.25. The summed E-state index contributed by atoms with van der Waals surface area (Å²) in [7, 11) is 0. The Morgan fingerprint density at radius 3 is 2.53 bits per heavy atom. The lowest BCUT2D eigenvalue weighted by Gasteiger charge is -2.33. The first kappa shape index (κ1) is 17.7. The van der Waals surface area contributed by atoms with E-state index in [9.17, 15) is 9.59 Å². The van der Waals surface area contributed by atoms with Crippen LogP contribution in [0.3, 0.4) is 0 Å². The number of aromatic amines is 1. The van der Waals surface area contributed by atoms with Crippen molar-refractivity contribution >= 4 is 18.3 Å². The third-order valence-electron chi connectivity index (χ3n) is 3.47. The number of H-pyrrole nitrogens is 1. The molecule has 0 spiro atoms. The Balaban J connectivity index is 0.00000324. The first-order valence-electron chi connectivity index (χ1n) is 6.02. The van der Waals surface area contributed by atoms with Crippen LogP contribution in [0.4, 0.5) is 0 Å². The normalized spacial score (nSPS) is 13.6. The molecule has 1 unspecified atom stereocenters. The molecule has 1 atom stereocenters. The van der Waals surface area contributed by atoms with Gasteiger partial charge in [0.25, 0.3) is 5.91 Å². The van der Waals surface area contributed by atoms with Gasteiger partial charge >= 0.3 is 0 Å². The number of carbonyl (C=O) groups excluding carboxylic acids is 1. The zero-order valence-electron chi connectivity index (χ0n) is 11.7. The van der Waals surface area contributed by atoms with Gasteiger partial charge in [0.15, 0.2) is 0 Å². The summed E-state index contributed by atoms with van der Waals surface area (Å²) < 4.78 is 0. The molecule has 1 heterocycles. The lowest BCUT2D eigenvalue weighted by atomic mass is 9.88. The van der Waals surface area contributed by atoms with Gasteiger partial charge in [0.1, 0.15) is 0 Å². The van der Waals surface area contributed by atoms with Gasteiger partial charge in [-0.1, -0.05) is 13.8 Å². The van der Waals surface area contributed by atoms with Crippen molar-refractivity contribution in [1.29, 1.82) is 0 Å². The number of amides is 1. The van der Waals surface area contributed by atoms with Crippen molar-refractivity contribution in [2.75, 3.05) is 6.54 Å². The minimum absolute atomic E-state index is 0. The maximum atomic E-state index is 12.2. The minimum Gasteiger partial charge on any atom is -0.345 e. The van der Waals surface area contributed by atoms with Crippen LogP contribution >= 0.6 is 12.4 Å². The fraction of sp³-hybridized carbons (Fsp3) is 0.538. The van der Waals surface area contributed by atoms with Crippen LogP contribution in [0, 0.1) is 12.8 Å². The van der Waals surface area contributed by atoms with Crippen molar-refractivity contribution in [2.24, 2.45) is 11.7 Å². The number of rotatable bonds is 4. The van der Waals surface area contributed by atoms with Gasteiger partial charge in [0.2, 0.25) is 5.56 Å². The van der Waals surface area contributed by atoms with Crippen molar-refractivity contribution < 1.29 is 4.79 Å². The molecule has 1 aromatic rings. The SMILES string of the molecule is Cc1cc(=O)[nH]cc1C(=O)NC(C)(CN)C(C)C.Cl. The van der Waals surface area contributed by atoms with E-state index in [1.54, 1.807) is 6.92 Å². The van der Waals surface area contributed by atoms with Crippen molar-refractivity contribution in [3.05, 3.63) is 33.7 Å². The highest BCUT2D eigenvalue weighted by atomic mass is 35.5. The Morgan fingerprint density at radius 2 is 2.11 bits per heavy atom. The highest BCUT2D eigenvalue weighted by Gasteiger charge is 2.29. The summed E-state index contributed by atoms with van der Waals surface area (Å²) >= 11 is 0. The molecule has 5 nitrogen and oxygen atoms in total. The van der Waals surface area contributed by atoms with E-state index in [0.717, 1.165) is 0 Å². The summed E-state index contributed by atoms with van der Waals surface area (Å²) in [6, 6.07) is 1.41. The molecule has 0 aliphatic rings. The molecule has 0 saturated carbocycles. The van der Waals surface area contributed by atoms with E-state index < -0.39 is 5.54 Å². The Bertz CT molecular complexity index is 499. The molecule has 1 rings (SSSR count). The molecule has 0 aromatic carbocycles. The number of nitrogens with one attached hydrogen (secondary N) is 2. The Morgan fingerprint density at radius 1 is 1.53 bits per heavy atom. The van der Waals surface area contributed by atoms with Crippen LogP contribution < -0.4 is 16.6 Å². The van der Waals surface area contributed by atoms with Gasteiger partial charge in [0, 0.05) is 18.8 Å². The third kappa shape index (κ3) is 4.08. The average Bonchev–Trinajstić information content (AvgIpc) is 2.28. The molecule has 0 fully saturated rings. The first-order chi connectivity index (χ1) is 8.30. The van der Waals surface area contributed by atoms with Gasteiger partial charge in [-0.05, 0) is 25.3 Å². The van der Waals surface area contributed by atoms with E-state index in [1.165, 1.54) is 12.3 Å². The lowest BCUT2D eigenvalue weighted by Crippen LogP contribution is -2.55. The van der Waals surface area contributed by atoms with Gasteiger partial charge < -0.3 is 16.0 Å². The van der Waals surface area contributed by atoms with Crippen LogP contribution in [-0.2, 0) is 0 Å². The van der Waals surface area contributed by atoms with Crippen molar-refractivity contribution in [3.8, 4) is 0 Å². The molecule has 1 amide bonds. The predicted octanol–water partition coefficient (Wildman–Crippen LogP) is 1.21. The molecule has 0 bridgehead atoms. The second kappa shape index (κ2) is 6.73. The fourth-order valence-corrected chi connectivity index (χ4v) is 1.58. The number of nitrogens with two attached hydrogens (primary N) is 1. The van der Waals surface area contributed by atoms with Crippen molar-refractivity contribution in [3.63, 3.8) is 0 Å². The monoisotopic (exact) mass is 287 g/mol. The third-order valence-corrected chi connectivity index (χ3v) is 3.47. The molecular weight excluding hydrogens is 266 g/mol. The first-order valence-corrected chi connectivity index (χ1v) is 6.02. The molecule has 108 valence electrons. The van der Waals surface area contributed by atoms with E-state index in [0.29, 0.717) is 17.7 Å². The summed E-state index contributed by atoms with van der Waals surface area (Å²) in [4.78, 5) is 25.8. The largest absolute Gasteiger partial charge is 0.345 e. The van der Waals surface area contributed by atoms with Crippen LogP contribution in [-0.4, -0.2) is 23.0 Å². The standard InChI is InChI=1S/C13H21N3O2.ClH/c1-8(2)13(4,7-14)16-12(18)10-6-15-11(17)5-9(10)3;/h5-6,8H,7,14H2,1-4H3,(H,15,17)(H,16,18);1H. The predicted molar refractivity (Wildman–Crippen MR) is 78.8 cm³/mol. The van der Waals surface area contributed by atoms with Crippen LogP contribution in [0.5, 0.6) is 0 Å². The molecule has 6 heteroatoms. The summed E-state index contributed by atoms with van der Waals surface area (Å²) in [5, 5.41) is 2.93. The van der Waals surface area contributed by atoms with Crippen molar-refractivity contribution in [1.82, 2.24) is 10.3 Å². The second-order valence-electron chi connectivity index (χ2n) is 5.12. The summed E-state index contributed by atoms with van der Waals surface area (Å²) in [6.45, 7) is 8.02. The number of aromatic nitrogens is 1. The van der Waals surface area contributed by atoms with E-state index in [4.69, 9.17) is 5.73 Å². The maximum Gasteiger partial charge on any atom is 0.253 e. The summed E-state index contributed by atoms with van der Waals surface area (Å²) in [5.74, 6) is -0.0000765. The van der Waals surface area contributed by atoms with E-state index in [2.05, 4.69) is 10.3 Å². The highest BCUT2D eigenvalue weighted by molar-refractivity contribution is 5.95. The highest BCUT2D eigenvalue weighted by Crippen LogP contribution is 2.16.